The molecule has 0 aromatic carbocycles. The predicted octanol–water partition coefficient (Wildman–Crippen LogP) is 3.29. The molecule has 0 fully saturated rings. The normalized spacial score (nSPS) is 13.0. The second kappa shape index (κ2) is 6.96. The summed E-state index contributed by atoms with van der Waals surface area (Å²) in [6.45, 7) is 4.28. The minimum Gasteiger partial charge on any atom is -0.327 e. The van der Waals surface area contributed by atoms with Crippen molar-refractivity contribution < 1.29 is 0 Å². The van der Waals surface area contributed by atoms with Crippen LogP contribution in [-0.4, -0.2) is 11.0 Å². The Labute approximate surface area is 96.9 Å². The van der Waals surface area contributed by atoms with Gasteiger partial charge in [0.1, 0.15) is 0 Å². The van der Waals surface area contributed by atoms with Gasteiger partial charge in [-0.1, -0.05) is 32.6 Å². The van der Waals surface area contributed by atoms with Crippen LogP contribution in [0.25, 0.3) is 0 Å². The second-order valence-corrected chi connectivity index (χ2v) is 5.23. The summed E-state index contributed by atoms with van der Waals surface area (Å²) in [6.07, 6.45) is 7.29. The van der Waals surface area contributed by atoms with Crippen LogP contribution in [0.3, 0.4) is 0 Å². The van der Waals surface area contributed by atoms with Crippen LogP contribution in [-0.2, 0) is 6.42 Å². The highest BCUT2D eigenvalue weighted by Gasteiger charge is 2.06. The number of hydrogen-bond acceptors (Lipinski definition) is 3. The molecule has 2 N–H and O–H groups in total. The van der Waals surface area contributed by atoms with E-state index in [4.69, 9.17) is 5.73 Å². The Kier molecular flexibility index (Phi) is 5.88. The molecule has 0 aliphatic heterocycles. The van der Waals surface area contributed by atoms with Crippen molar-refractivity contribution in [3.63, 3.8) is 0 Å². The molecule has 0 saturated carbocycles. The SMILES string of the molecule is CCCCCCC(N)Cc1csc(C)n1. The summed E-state index contributed by atoms with van der Waals surface area (Å²) in [6, 6.07) is 0.295. The first-order valence-electron chi connectivity index (χ1n) is 5.89. The lowest BCUT2D eigenvalue weighted by Crippen LogP contribution is -2.22. The fraction of sp³-hybridized carbons (Fsp3) is 0.750. The maximum absolute atomic E-state index is 6.06. The highest BCUT2D eigenvalue weighted by atomic mass is 32.1. The fourth-order valence-corrected chi connectivity index (χ4v) is 2.33. The highest BCUT2D eigenvalue weighted by Crippen LogP contribution is 2.12. The lowest BCUT2D eigenvalue weighted by Gasteiger charge is -2.09. The standard InChI is InChI=1S/C12H22N2S/c1-3-4-5-6-7-11(13)8-12-9-15-10(2)14-12/h9,11H,3-8,13H2,1-2H3. The molecule has 0 aliphatic carbocycles. The molecule has 0 spiro atoms. The Morgan fingerprint density at radius 1 is 1.40 bits per heavy atom. The Morgan fingerprint density at radius 2 is 2.20 bits per heavy atom. The zero-order valence-electron chi connectivity index (χ0n) is 9.83. The van der Waals surface area contributed by atoms with Gasteiger partial charge < -0.3 is 5.73 Å². The summed E-state index contributed by atoms with van der Waals surface area (Å²) in [5.41, 5.74) is 7.23. The Balaban J connectivity index is 2.15. The van der Waals surface area contributed by atoms with Gasteiger partial charge in [0.25, 0.3) is 0 Å². The smallest absolute Gasteiger partial charge is 0.0897 e. The number of unbranched alkanes of at least 4 members (excludes halogenated alkanes) is 3. The van der Waals surface area contributed by atoms with E-state index in [9.17, 15) is 0 Å². The minimum absolute atomic E-state index is 0.295. The van der Waals surface area contributed by atoms with Crippen molar-refractivity contribution >= 4 is 11.3 Å². The van der Waals surface area contributed by atoms with Crippen LogP contribution in [0.1, 0.15) is 49.7 Å². The van der Waals surface area contributed by atoms with E-state index in [-0.39, 0.29) is 0 Å². The van der Waals surface area contributed by atoms with Crippen LogP contribution in [0.15, 0.2) is 5.38 Å². The summed E-state index contributed by atoms with van der Waals surface area (Å²) in [4.78, 5) is 4.43. The van der Waals surface area contributed by atoms with E-state index >= 15 is 0 Å². The number of nitrogens with two attached hydrogens (primary N) is 1. The topological polar surface area (TPSA) is 38.9 Å². The number of aryl methyl sites for hydroxylation is 1. The van der Waals surface area contributed by atoms with Gasteiger partial charge in [0, 0.05) is 17.8 Å². The molecule has 0 aliphatic rings. The second-order valence-electron chi connectivity index (χ2n) is 4.17. The van der Waals surface area contributed by atoms with Gasteiger partial charge in [-0.15, -0.1) is 11.3 Å². The minimum atomic E-state index is 0.295. The van der Waals surface area contributed by atoms with Crippen LogP contribution >= 0.6 is 11.3 Å². The first-order valence-corrected chi connectivity index (χ1v) is 6.77. The highest BCUT2D eigenvalue weighted by molar-refractivity contribution is 7.09. The third kappa shape index (κ3) is 5.28. The molecular weight excluding hydrogens is 204 g/mol. The Hall–Kier alpha value is -0.410. The summed E-state index contributed by atoms with van der Waals surface area (Å²) in [7, 11) is 0. The molecule has 0 amide bonds. The maximum atomic E-state index is 6.06. The number of thiazole rings is 1. The van der Waals surface area contributed by atoms with Crippen LogP contribution in [0.2, 0.25) is 0 Å². The lowest BCUT2D eigenvalue weighted by atomic mass is 10.0. The van der Waals surface area contributed by atoms with E-state index < -0.39 is 0 Å². The van der Waals surface area contributed by atoms with Crippen molar-refractivity contribution in [2.24, 2.45) is 5.73 Å². The number of rotatable bonds is 7. The van der Waals surface area contributed by atoms with Crippen LogP contribution in [0.5, 0.6) is 0 Å². The molecule has 0 saturated heterocycles. The van der Waals surface area contributed by atoms with Crippen molar-refractivity contribution in [1.29, 1.82) is 0 Å². The lowest BCUT2D eigenvalue weighted by molar-refractivity contribution is 0.543. The fourth-order valence-electron chi connectivity index (χ4n) is 1.71. The first-order chi connectivity index (χ1) is 7.22. The van der Waals surface area contributed by atoms with Crippen molar-refractivity contribution in [2.45, 2.75) is 58.4 Å². The maximum Gasteiger partial charge on any atom is 0.0897 e. The molecule has 15 heavy (non-hydrogen) atoms. The summed E-state index contributed by atoms with van der Waals surface area (Å²) in [5.74, 6) is 0. The average molecular weight is 226 g/mol. The van der Waals surface area contributed by atoms with E-state index in [2.05, 4.69) is 17.3 Å². The molecule has 1 aromatic rings. The van der Waals surface area contributed by atoms with Crippen molar-refractivity contribution in [2.75, 3.05) is 0 Å². The van der Waals surface area contributed by atoms with Crippen LogP contribution in [0.4, 0.5) is 0 Å². The van der Waals surface area contributed by atoms with E-state index in [0.717, 1.165) is 17.8 Å². The van der Waals surface area contributed by atoms with E-state index in [0.29, 0.717) is 6.04 Å². The molecule has 3 heteroatoms. The van der Waals surface area contributed by atoms with Gasteiger partial charge in [-0.25, -0.2) is 4.98 Å². The van der Waals surface area contributed by atoms with Gasteiger partial charge in [-0.2, -0.15) is 0 Å². The summed E-state index contributed by atoms with van der Waals surface area (Å²) >= 11 is 1.71. The molecular formula is C12H22N2S. The van der Waals surface area contributed by atoms with Crippen LogP contribution in [0, 0.1) is 6.92 Å². The molecule has 0 bridgehead atoms. The molecule has 1 rings (SSSR count). The monoisotopic (exact) mass is 226 g/mol. The zero-order valence-corrected chi connectivity index (χ0v) is 10.6. The number of hydrogen-bond donors (Lipinski definition) is 1. The van der Waals surface area contributed by atoms with Gasteiger partial charge in [0.05, 0.1) is 10.7 Å². The van der Waals surface area contributed by atoms with Gasteiger partial charge >= 0.3 is 0 Å². The average Bonchev–Trinajstić information content (AvgIpc) is 2.59. The molecule has 1 atom stereocenters. The summed E-state index contributed by atoms with van der Waals surface area (Å²) in [5, 5.41) is 3.27. The Morgan fingerprint density at radius 3 is 2.80 bits per heavy atom. The van der Waals surface area contributed by atoms with Crippen molar-refractivity contribution in [3.8, 4) is 0 Å². The molecule has 2 nitrogen and oxygen atoms in total. The quantitative estimate of drug-likeness (QED) is 0.725. The summed E-state index contributed by atoms with van der Waals surface area (Å²) < 4.78 is 0. The number of aromatic nitrogens is 1. The molecule has 1 heterocycles. The van der Waals surface area contributed by atoms with E-state index in [1.165, 1.54) is 31.4 Å². The van der Waals surface area contributed by atoms with Gasteiger partial charge in [-0.3, -0.25) is 0 Å². The molecule has 0 radical (unpaired) electrons. The Bertz CT molecular complexity index is 270. The molecule has 1 unspecified atom stereocenters. The first kappa shape index (κ1) is 12.7. The molecule has 1 aromatic heterocycles. The van der Waals surface area contributed by atoms with Gasteiger partial charge in [-0.05, 0) is 13.3 Å². The zero-order chi connectivity index (χ0) is 11.1. The van der Waals surface area contributed by atoms with Gasteiger partial charge in [0.15, 0.2) is 0 Å². The third-order valence-electron chi connectivity index (χ3n) is 2.57. The predicted molar refractivity (Wildman–Crippen MR) is 67.3 cm³/mol. The molecule has 86 valence electrons. The van der Waals surface area contributed by atoms with E-state index in [1.807, 2.05) is 6.92 Å². The third-order valence-corrected chi connectivity index (χ3v) is 3.39. The number of nitrogens with zero attached hydrogens (tertiary/aromatic N) is 1. The van der Waals surface area contributed by atoms with E-state index in [1.54, 1.807) is 11.3 Å². The van der Waals surface area contributed by atoms with Crippen LogP contribution < -0.4 is 5.73 Å². The van der Waals surface area contributed by atoms with Crippen molar-refractivity contribution in [3.05, 3.63) is 16.1 Å². The van der Waals surface area contributed by atoms with Crippen molar-refractivity contribution in [1.82, 2.24) is 4.98 Å². The van der Waals surface area contributed by atoms with Gasteiger partial charge in [0.2, 0.25) is 0 Å². The largest absolute Gasteiger partial charge is 0.327 e.